The van der Waals surface area contributed by atoms with E-state index >= 15 is 0 Å². The van der Waals surface area contributed by atoms with Crippen LogP contribution in [-0.2, 0) is 4.79 Å². The highest BCUT2D eigenvalue weighted by molar-refractivity contribution is 6.35. The Morgan fingerprint density at radius 3 is 2.71 bits per heavy atom. The molecule has 1 fully saturated rings. The summed E-state index contributed by atoms with van der Waals surface area (Å²) < 4.78 is 5.58. The van der Waals surface area contributed by atoms with Gasteiger partial charge in [-0.1, -0.05) is 36.5 Å². The van der Waals surface area contributed by atoms with E-state index in [1.54, 1.807) is 30.0 Å². The molecular weight excluding hydrogens is 313 g/mol. The monoisotopic (exact) mass is 331 g/mol. The van der Waals surface area contributed by atoms with E-state index in [-0.39, 0.29) is 5.91 Å². The number of β-amino-alcohol motifs (C(OH)–C–C–N with tert-alkyl or cyclic N) is 1. The summed E-state index contributed by atoms with van der Waals surface area (Å²) in [5.41, 5.74) is -0.734. The average molecular weight is 332 g/mol. The van der Waals surface area contributed by atoms with Gasteiger partial charge >= 0.3 is 0 Å². The van der Waals surface area contributed by atoms with Crippen LogP contribution in [0.3, 0.4) is 0 Å². The number of ether oxygens (including phenoxy) is 1. The summed E-state index contributed by atoms with van der Waals surface area (Å²) in [5, 5.41) is 11.0. The highest BCUT2D eigenvalue weighted by Gasteiger charge is 2.44. The van der Waals surface area contributed by atoms with Gasteiger partial charge in [-0.25, -0.2) is 0 Å². The number of rotatable bonds is 5. The fourth-order valence-electron chi connectivity index (χ4n) is 2.51. The zero-order valence-electron chi connectivity index (χ0n) is 12.1. The summed E-state index contributed by atoms with van der Waals surface area (Å²) in [6, 6.07) is 4.86. The topological polar surface area (TPSA) is 49.8 Å². The molecule has 0 bridgehead atoms. The smallest absolute Gasteiger partial charge is 0.263 e. The predicted octanol–water partition coefficient (Wildman–Crippen LogP) is 3.13. The van der Waals surface area contributed by atoms with Gasteiger partial charge in [-0.05, 0) is 31.5 Å². The molecule has 1 atom stereocenters. The predicted molar refractivity (Wildman–Crippen MR) is 83.0 cm³/mol. The maximum absolute atomic E-state index is 12.2. The van der Waals surface area contributed by atoms with Gasteiger partial charge in [-0.3, -0.25) is 4.79 Å². The van der Waals surface area contributed by atoms with Crippen LogP contribution in [0.2, 0.25) is 10.0 Å². The fourth-order valence-corrected chi connectivity index (χ4v) is 2.97. The van der Waals surface area contributed by atoms with Gasteiger partial charge in [0.1, 0.15) is 5.75 Å². The van der Waals surface area contributed by atoms with Crippen LogP contribution < -0.4 is 4.74 Å². The molecule has 1 aliphatic rings. The Balaban J connectivity index is 1.92. The van der Waals surface area contributed by atoms with Crippen molar-refractivity contribution in [2.45, 2.75) is 38.4 Å². The lowest BCUT2D eigenvalue weighted by Gasteiger charge is -2.47. The first-order chi connectivity index (χ1) is 9.84. The maximum Gasteiger partial charge on any atom is 0.263 e. The number of amides is 1. The van der Waals surface area contributed by atoms with Crippen molar-refractivity contribution in [2.24, 2.45) is 0 Å². The Labute approximate surface area is 134 Å². The van der Waals surface area contributed by atoms with Crippen molar-refractivity contribution in [3.63, 3.8) is 0 Å². The van der Waals surface area contributed by atoms with E-state index < -0.39 is 11.7 Å². The van der Waals surface area contributed by atoms with E-state index in [0.29, 0.717) is 35.3 Å². The molecule has 116 valence electrons. The van der Waals surface area contributed by atoms with E-state index in [9.17, 15) is 9.90 Å². The Bertz CT molecular complexity index is 530. The molecule has 1 aromatic carbocycles. The molecule has 21 heavy (non-hydrogen) atoms. The first-order valence-corrected chi connectivity index (χ1v) is 7.73. The standard InChI is InChI=1S/C15H19Cl2NO3/c1-3-6-15(20)8-18(9-15)14(19)10(2)21-13-5-4-11(16)7-12(13)17/h4-5,7,10,20H,3,6,8-9H2,1-2H3. The Morgan fingerprint density at radius 2 is 2.14 bits per heavy atom. The van der Waals surface area contributed by atoms with E-state index in [2.05, 4.69) is 0 Å². The minimum absolute atomic E-state index is 0.151. The lowest BCUT2D eigenvalue weighted by molar-refractivity contribution is -0.162. The van der Waals surface area contributed by atoms with Gasteiger partial charge in [-0.2, -0.15) is 0 Å². The van der Waals surface area contributed by atoms with Crippen LogP contribution in [-0.4, -0.2) is 40.7 Å². The lowest BCUT2D eigenvalue weighted by Crippen LogP contribution is -2.65. The van der Waals surface area contributed by atoms with E-state index in [0.717, 1.165) is 6.42 Å². The summed E-state index contributed by atoms with van der Waals surface area (Å²) >= 11 is 11.8. The van der Waals surface area contributed by atoms with Gasteiger partial charge in [0, 0.05) is 5.02 Å². The van der Waals surface area contributed by atoms with Crippen molar-refractivity contribution in [1.82, 2.24) is 4.90 Å². The molecule has 4 nitrogen and oxygen atoms in total. The van der Waals surface area contributed by atoms with Crippen LogP contribution >= 0.6 is 23.2 Å². The minimum Gasteiger partial charge on any atom is -0.479 e. The molecule has 1 saturated heterocycles. The van der Waals surface area contributed by atoms with Crippen molar-refractivity contribution in [1.29, 1.82) is 0 Å². The first-order valence-electron chi connectivity index (χ1n) is 6.97. The molecule has 0 saturated carbocycles. The van der Waals surface area contributed by atoms with Crippen LogP contribution in [0, 0.1) is 0 Å². The second-order valence-electron chi connectivity index (χ2n) is 5.50. The lowest BCUT2D eigenvalue weighted by atomic mass is 9.89. The molecule has 1 unspecified atom stereocenters. The molecule has 1 amide bonds. The van der Waals surface area contributed by atoms with Gasteiger partial charge in [-0.15, -0.1) is 0 Å². The third-order valence-corrected chi connectivity index (χ3v) is 4.07. The van der Waals surface area contributed by atoms with Gasteiger partial charge in [0.25, 0.3) is 5.91 Å². The molecule has 0 aromatic heterocycles. The quantitative estimate of drug-likeness (QED) is 0.901. The molecule has 0 aliphatic carbocycles. The van der Waals surface area contributed by atoms with Crippen LogP contribution in [0.25, 0.3) is 0 Å². The number of nitrogens with zero attached hydrogens (tertiary/aromatic N) is 1. The number of aliphatic hydroxyl groups is 1. The molecule has 1 aromatic rings. The van der Waals surface area contributed by atoms with Crippen LogP contribution in [0.5, 0.6) is 5.75 Å². The number of carbonyl (C=O) groups excluding carboxylic acids is 1. The normalized spacial score (nSPS) is 18.0. The van der Waals surface area contributed by atoms with Crippen molar-refractivity contribution in [3.8, 4) is 5.75 Å². The van der Waals surface area contributed by atoms with Gasteiger partial charge in [0.2, 0.25) is 0 Å². The summed E-state index contributed by atoms with van der Waals surface area (Å²) in [5.74, 6) is 0.271. The van der Waals surface area contributed by atoms with Crippen molar-refractivity contribution >= 4 is 29.1 Å². The van der Waals surface area contributed by atoms with Crippen LogP contribution in [0.4, 0.5) is 0 Å². The minimum atomic E-state index is -0.734. The number of carbonyl (C=O) groups is 1. The summed E-state index contributed by atoms with van der Waals surface area (Å²) in [4.78, 5) is 13.8. The molecular formula is C15H19Cl2NO3. The van der Waals surface area contributed by atoms with E-state index in [1.807, 2.05) is 6.92 Å². The SMILES string of the molecule is CCCC1(O)CN(C(=O)C(C)Oc2ccc(Cl)cc2Cl)C1. The molecule has 1 N–H and O–H groups in total. The Hall–Kier alpha value is -0.970. The largest absolute Gasteiger partial charge is 0.479 e. The third-order valence-electron chi connectivity index (χ3n) is 3.54. The molecule has 1 aliphatic heterocycles. The number of likely N-dealkylation sites (tertiary alicyclic amines) is 1. The first kappa shape index (κ1) is 16.4. The van der Waals surface area contributed by atoms with Crippen molar-refractivity contribution < 1.29 is 14.6 Å². The van der Waals surface area contributed by atoms with E-state index in [1.165, 1.54) is 0 Å². The van der Waals surface area contributed by atoms with Gasteiger partial charge < -0.3 is 14.7 Å². The number of hydrogen-bond acceptors (Lipinski definition) is 3. The summed E-state index contributed by atoms with van der Waals surface area (Å²) in [6.45, 7) is 4.41. The Kier molecular flexibility index (Phi) is 5.02. The zero-order chi connectivity index (χ0) is 15.6. The third kappa shape index (κ3) is 3.82. The van der Waals surface area contributed by atoms with Gasteiger partial charge in [0.15, 0.2) is 6.10 Å². The van der Waals surface area contributed by atoms with Crippen molar-refractivity contribution in [2.75, 3.05) is 13.1 Å². The molecule has 1 heterocycles. The number of halogens is 2. The number of benzene rings is 1. The fraction of sp³-hybridized carbons (Fsp3) is 0.533. The maximum atomic E-state index is 12.2. The highest BCUT2D eigenvalue weighted by Crippen LogP contribution is 2.30. The number of hydrogen-bond donors (Lipinski definition) is 1. The highest BCUT2D eigenvalue weighted by atomic mass is 35.5. The molecule has 0 spiro atoms. The summed E-state index contributed by atoms with van der Waals surface area (Å²) in [7, 11) is 0. The van der Waals surface area contributed by atoms with E-state index in [4.69, 9.17) is 27.9 Å². The van der Waals surface area contributed by atoms with Crippen LogP contribution in [0.15, 0.2) is 18.2 Å². The second-order valence-corrected chi connectivity index (χ2v) is 6.35. The Morgan fingerprint density at radius 1 is 1.48 bits per heavy atom. The molecule has 0 radical (unpaired) electrons. The van der Waals surface area contributed by atoms with Crippen molar-refractivity contribution in [3.05, 3.63) is 28.2 Å². The van der Waals surface area contributed by atoms with Crippen LogP contribution in [0.1, 0.15) is 26.7 Å². The molecule has 2 rings (SSSR count). The zero-order valence-corrected chi connectivity index (χ0v) is 13.6. The second kappa shape index (κ2) is 6.42. The molecule has 6 heteroatoms. The van der Waals surface area contributed by atoms with Gasteiger partial charge in [0.05, 0.1) is 23.7 Å². The summed E-state index contributed by atoms with van der Waals surface area (Å²) in [6.07, 6.45) is 0.940. The average Bonchev–Trinajstić information content (AvgIpc) is 2.38.